The third-order valence-electron chi connectivity index (χ3n) is 4.39. The summed E-state index contributed by atoms with van der Waals surface area (Å²) in [6, 6.07) is 3.29. The van der Waals surface area contributed by atoms with Crippen LogP contribution in [0.5, 0.6) is 17.2 Å². The van der Waals surface area contributed by atoms with Crippen LogP contribution < -0.4 is 25.1 Å². The van der Waals surface area contributed by atoms with Gasteiger partial charge in [0.1, 0.15) is 4.83 Å². The Morgan fingerprint density at radius 1 is 1.18 bits per heavy atom. The van der Waals surface area contributed by atoms with Crippen molar-refractivity contribution in [3.05, 3.63) is 39.3 Å². The summed E-state index contributed by atoms with van der Waals surface area (Å²) in [7, 11) is 4.52. The molecule has 28 heavy (non-hydrogen) atoms. The lowest BCUT2D eigenvalue weighted by atomic mass is 10.2. The molecule has 148 valence electrons. The van der Waals surface area contributed by atoms with Crippen LogP contribution in [-0.4, -0.2) is 36.8 Å². The molecular weight excluding hydrogens is 382 g/mol. The van der Waals surface area contributed by atoms with Gasteiger partial charge in [-0.1, -0.05) is 0 Å². The maximum Gasteiger partial charge on any atom is 0.266 e. The predicted molar refractivity (Wildman–Crippen MR) is 108 cm³/mol. The molecule has 1 N–H and O–H groups in total. The highest BCUT2D eigenvalue weighted by molar-refractivity contribution is 7.20. The SMILES string of the molecule is CCn1cnc2sc(C(=O)Nc3cc(OC)c(OC)c(OC)c3)c(C)c2c1=O. The largest absolute Gasteiger partial charge is 0.493 e. The molecule has 0 fully saturated rings. The predicted octanol–water partition coefficient (Wildman–Crippen LogP) is 3.06. The Bertz CT molecular complexity index is 1080. The first-order valence-electron chi connectivity index (χ1n) is 8.55. The van der Waals surface area contributed by atoms with E-state index in [1.165, 1.54) is 43.6 Å². The van der Waals surface area contributed by atoms with Gasteiger partial charge in [-0.15, -0.1) is 11.3 Å². The Kier molecular flexibility index (Phi) is 5.55. The number of carbonyl (C=O) groups excluding carboxylic acids is 1. The topological polar surface area (TPSA) is 91.7 Å². The number of anilines is 1. The van der Waals surface area contributed by atoms with Crippen molar-refractivity contribution in [1.29, 1.82) is 0 Å². The van der Waals surface area contributed by atoms with Crippen LogP contribution in [-0.2, 0) is 6.54 Å². The van der Waals surface area contributed by atoms with E-state index >= 15 is 0 Å². The molecule has 0 unspecified atom stereocenters. The number of thiophene rings is 1. The van der Waals surface area contributed by atoms with Gasteiger partial charge in [-0.25, -0.2) is 4.98 Å². The van der Waals surface area contributed by atoms with Crippen molar-refractivity contribution in [3.8, 4) is 17.2 Å². The third-order valence-corrected chi connectivity index (χ3v) is 5.59. The number of amides is 1. The highest BCUT2D eigenvalue weighted by Gasteiger charge is 2.21. The first-order chi connectivity index (χ1) is 13.4. The van der Waals surface area contributed by atoms with Crippen LogP contribution in [0.4, 0.5) is 5.69 Å². The van der Waals surface area contributed by atoms with Gasteiger partial charge in [-0.2, -0.15) is 0 Å². The first-order valence-corrected chi connectivity index (χ1v) is 9.36. The fourth-order valence-corrected chi connectivity index (χ4v) is 3.98. The molecule has 0 radical (unpaired) electrons. The second-order valence-electron chi connectivity index (χ2n) is 5.94. The van der Waals surface area contributed by atoms with Gasteiger partial charge in [0.15, 0.2) is 11.5 Å². The van der Waals surface area contributed by atoms with E-state index in [0.717, 1.165) is 0 Å². The number of ether oxygens (including phenoxy) is 3. The molecule has 3 rings (SSSR count). The molecule has 2 aromatic heterocycles. The number of fused-ring (bicyclic) bond motifs is 1. The van der Waals surface area contributed by atoms with Crippen molar-refractivity contribution >= 4 is 33.1 Å². The van der Waals surface area contributed by atoms with Crippen molar-refractivity contribution in [2.24, 2.45) is 0 Å². The third kappa shape index (κ3) is 3.29. The van der Waals surface area contributed by atoms with Gasteiger partial charge in [-0.3, -0.25) is 14.2 Å². The van der Waals surface area contributed by atoms with Crippen molar-refractivity contribution in [1.82, 2.24) is 9.55 Å². The van der Waals surface area contributed by atoms with Crippen molar-refractivity contribution in [2.45, 2.75) is 20.4 Å². The summed E-state index contributed by atoms with van der Waals surface area (Å²) in [6.07, 6.45) is 1.50. The van der Waals surface area contributed by atoms with Gasteiger partial charge in [0.25, 0.3) is 11.5 Å². The highest BCUT2D eigenvalue weighted by atomic mass is 32.1. The van der Waals surface area contributed by atoms with E-state index in [-0.39, 0.29) is 11.5 Å². The van der Waals surface area contributed by atoms with Crippen LogP contribution in [0.3, 0.4) is 0 Å². The van der Waals surface area contributed by atoms with E-state index < -0.39 is 0 Å². The van der Waals surface area contributed by atoms with Gasteiger partial charge in [-0.05, 0) is 19.4 Å². The van der Waals surface area contributed by atoms with Crippen LogP contribution in [0, 0.1) is 6.92 Å². The molecule has 0 aliphatic carbocycles. The number of aryl methyl sites for hydroxylation is 2. The van der Waals surface area contributed by atoms with E-state index in [2.05, 4.69) is 10.3 Å². The monoisotopic (exact) mass is 403 g/mol. The van der Waals surface area contributed by atoms with E-state index in [1.807, 2.05) is 6.92 Å². The molecule has 0 spiro atoms. The van der Waals surface area contributed by atoms with Crippen molar-refractivity contribution < 1.29 is 19.0 Å². The zero-order valence-electron chi connectivity index (χ0n) is 16.3. The van der Waals surface area contributed by atoms with Crippen LogP contribution in [0.2, 0.25) is 0 Å². The summed E-state index contributed by atoms with van der Waals surface area (Å²) in [5, 5.41) is 3.30. The lowest BCUT2D eigenvalue weighted by molar-refractivity contribution is 0.103. The van der Waals surface area contributed by atoms with Crippen LogP contribution >= 0.6 is 11.3 Å². The maximum atomic E-state index is 12.9. The second kappa shape index (κ2) is 7.89. The number of methoxy groups -OCH3 is 3. The summed E-state index contributed by atoms with van der Waals surface area (Å²) < 4.78 is 17.4. The average Bonchev–Trinajstić information content (AvgIpc) is 3.04. The second-order valence-corrected chi connectivity index (χ2v) is 6.94. The molecule has 0 bridgehead atoms. The normalized spacial score (nSPS) is 10.8. The summed E-state index contributed by atoms with van der Waals surface area (Å²) in [5.74, 6) is 0.956. The fourth-order valence-electron chi connectivity index (χ4n) is 2.94. The number of hydrogen-bond donors (Lipinski definition) is 1. The number of hydrogen-bond acceptors (Lipinski definition) is 7. The Morgan fingerprint density at radius 3 is 2.36 bits per heavy atom. The zero-order chi connectivity index (χ0) is 20.4. The molecule has 0 aliphatic rings. The van der Waals surface area contributed by atoms with Crippen LogP contribution in [0.25, 0.3) is 10.2 Å². The smallest absolute Gasteiger partial charge is 0.266 e. The molecule has 9 heteroatoms. The lowest BCUT2D eigenvalue weighted by Gasteiger charge is -2.14. The minimum absolute atomic E-state index is 0.145. The summed E-state index contributed by atoms with van der Waals surface area (Å²) >= 11 is 1.19. The quantitative estimate of drug-likeness (QED) is 0.680. The highest BCUT2D eigenvalue weighted by Crippen LogP contribution is 2.40. The van der Waals surface area contributed by atoms with Gasteiger partial charge in [0, 0.05) is 24.4 Å². The summed E-state index contributed by atoms with van der Waals surface area (Å²) in [5.41, 5.74) is 0.952. The van der Waals surface area contributed by atoms with Crippen LogP contribution in [0.15, 0.2) is 23.3 Å². The standard InChI is InChI=1S/C19H21N3O5S/c1-6-22-9-20-18-14(19(22)24)10(2)16(28-18)17(23)21-11-7-12(25-3)15(27-5)13(8-11)26-4/h7-9H,6H2,1-5H3,(H,21,23). The maximum absolute atomic E-state index is 12.9. The molecule has 8 nitrogen and oxygen atoms in total. The Morgan fingerprint density at radius 2 is 1.82 bits per heavy atom. The summed E-state index contributed by atoms with van der Waals surface area (Å²) in [4.78, 5) is 30.7. The minimum atomic E-state index is -0.336. The zero-order valence-corrected chi connectivity index (χ0v) is 17.1. The first kappa shape index (κ1) is 19.7. The van der Waals surface area contributed by atoms with Gasteiger partial charge >= 0.3 is 0 Å². The Labute approximate surface area is 165 Å². The van der Waals surface area contributed by atoms with E-state index in [9.17, 15) is 9.59 Å². The van der Waals surface area contributed by atoms with Gasteiger partial charge < -0.3 is 19.5 Å². The fraction of sp³-hybridized carbons (Fsp3) is 0.316. The van der Waals surface area contributed by atoms with E-state index in [4.69, 9.17) is 14.2 Å². The van der Waals surface area contributed by atoms with Gasteiger partial charge in [0.05, 0.1) is 37.9 Å². The molecule has 0 aliphatic heterocycles. The Hall–Kier alpha value is -3.07. The molecule has 3 aromatic rings. The van der Waals surface area contributed by atoms with Crippen LogP contribution in [0.1, 0.15) is 22.2 Å². The van der Waals surface area contributed by atoms with Crippen molar-refractivity contribution in [2.75, 3.05) is 26.6 Å². The Balaban J connectivity index is 2.01. The molecule has 1 amide bonds. The number of aromatic nitrogens is 2. The van der Waals surface area contributed by atoms with Gasteiger partial charge in [0.2, 0.25) is 5.75 Å². The number of nitrogens with zero attached hydrogens (tertiary/aromatic N) is 2. The molecule has 0 saturated carbocycles. The van der Waals surface area contributed by atoms with Crippen molar-refractivity contribution in [3.63, 3.8) is 0 Å². The molecule has 2 heterocycles. The summed E-state index contributed by atoms with van der Waals surface area (Å²) in [6.45, 7) is 4.14. The molecular formula is C19H21N3O5S. The lowest BCUT2D eigenvalue weighted by Crippen LogP contribution is -2.19. The number of carbonyl (C=O) groups is 1. The number of rotatable bonds is 6. The molecule has 0 saturated heterocycles. The molecule has 1 aromatic carbocycles. The molecule has 0 atom stereocenters. The number of nitrogens with one attached hydrogen (secondary N) is 1. The minimum Gasteiger partial charge on any atom is -0.493 e. The van der Waals surface area contributed by atoms with E-state index in [0.29, 0.717) is 50.1 Å². The van der Waals surface area contributed by atoms with E-state index in [1.54, 1.807) is 19.1 Å². The number of benzene rings is 1. The average molecular weight is 403 g/mol.